The Hall–Kier alpha value is -0.625. The van der Waals surface area contributed by atoms with Crippen molar-refractivity contribution in [3.05, 3.63) is 0 Å². The lowest BCUT2D eigenvalue weighted by molar-refractivity contribution is -0.153. The van der Waals surface area contributed by atoms with E-state index in [4.69, 9.17) is 19.9 Å². The second-order valence-corrected chi connectivity index (χ2v) is 8.13. The molecular weight excluding hydrogens is 359 g/mol. The average molecular weight is 402 g/mol. The fraction of sp³-hybridized carbons (Fsp3) is 0.952. The van der Waals surface area contributed by atoms with Crippen molar-refractivity contribution in [1.82, 2.24) is 0 Å². The summed E-state index contributed by atoms with van der Waals surface area (Å²) in [6.45, 7) is 3.94. The maximum absolute atomic E-state index is 11.7. The largest absolute Gasteiger partial charge is 0.634 e. The van der Waals surface area contributed by atoms with Crippen LogP contribution >= 0.6 is 0 Å². The van der Waals surface area contributed by atoms with E-state index in [2.05, 4.69) is 18.5 Å². The highest BCUT2D eigenvalue weighted by Gasteiger charge is 2.17. The van der Waals surface area contributed by atoms with Crippen molar-refractivity contribution in [2.45, 2.75) is 110 Å². The molecule has 0 rings (SSSR count). The minimum atomic E-state index is -1.93. The molecule has 0 amide bonds. The highest BCUT2D eigenvalue weighted by molar-refractivity contribution is 6.32. The van der Waals surface area contributed by atoms with Crippen LogP contribution < -0.4 is 0 Å². The molecule has 0 aliphatic heterocycles. The number of aliphatic hydroxyl groups excluding tert-OH is 1. The lowest BCUT2D eigenvalue weighted by Crippen LogP contribution is -2.31. The quantitative estimate of drug-likeness (QED) is 0.162. The van der Waals surface area contributed by atoms with Crippen LogP contribution in [0.15, 0.2) is 0 Å². The van der Waals surface area contributed by atoms with Gasteiger partial charge in [0, 0.05) is 6.42 Å². The molecule has 0 heterocycles. The first kappa shape index (κ1) is 27.4. The van der Waals surface area contributed by atoms with Gasteiger partial charge in [0.25, 0.3) is 0 Å². The molecular formula is C21H43BO6. The van der Waals surface area contributed by atoms with Gasteiger partial charge in [-0.05, 0) is 12.3 Å². The van der Waals surface area contributed by atoms with Gasteiger partial charge in [-0.2, -0.15) is 0 Å². The van der Waals surface area contributed by atoms with Gasteiger partial charge in [-0.3, -0.25) is 4.79 Å². The van der Waals surface area contributed by atoms with Crippen molar-refractivity contribution < 1.29 is 29.3 Å². The highest BCUT2D eigenvalue weighted by atomic mass is 16.6. The number of hydrogen-bond donors (Lipinski definition) is 3. The van der Waals surface area contributed by atoms with Crippen molar-refractivity contribution in [3.63, 3.8) is 0 Å². The van der Waals surface area contributed by atoms with Gasteiger partial charge < -0.3 is 24.5 Å². The zero-order valence-electron chi connectivity index (χ0n) is 18.1. The number of rotatable bonds is 20. The Morgan fingerprint density at radius 2 is 1.29 bits per heavy atom. The molecule has 0 saturated carbocycles. The summed E-state index contributed by atoms with van der Waals surface area (Å²) in [6.07, 6.45) is 15.7. The Morgan fingerprint density at radius 3 is 1.71 bits per heavy atom. The number of carbonyl (C=O) groups is 1. The standard InChI is InChI=1S/C21H43BO6/c1-19(2)15-13-11-9-7-5-3-4-6-8-10-12-14-16-21(24)28-20(17-23)18-27-22(25)26/h19-20,23,25-26H,3-18H2,1-2H3. The molecule has 0 aromatic heterocycles. The third kappa shape index (κ3) is 20.1. The molecule has 7 heteroatoms. The normalized spacial score (nSPS) is 12.4. The van der Waals surface area contributed by atoms with E-state index in [0.29, 0.717) is 6.42 Å². The maximum atomic E-state index is 11.7. The molecule has 0 spiro atoms. The smallest absolute Gasteiger partial charge is 0.458 e. The summed E-state index contributed by atoms with van der Waals surface area (Å²) in [5, 5.41) is 26.3. The first-order valence-corrected chi connectivity index (χ1v) is 11.2. The Balaban J connectivity index is 3.35. The number of carbonyl (C=O) groups excluding carboxylic acids is 1. The lowest BCUT2D eigenvalue weighted by Gasteiger charge is -2.15. The minimum absolute atomic E-state index is 0.238. The van der Waals surface area contributed by atoms with Gasteiger partial charge >= 0.3 is 13.3 Å². The van der Waals surface area contributed by atoms with E-state index in [-0.39, 0.29) is 12.6 Å². The second-order valence-electron chi connectivity index (χ2n) is 8.13. The lowest BCUT2D eigenvalue weighted by atomic mass is 10.0. The Morgan fingerprint density at radius 1 is 0.821 bits per heavy atom. The molecule has 1 unspecified atom stereocenters. The molecule has 0 aromatic rings. The fourth-order valence-corrected chi connectivity index (χ4v) is 3.15. The monoisotopic (exact) mass is 402 g/mol. The van der Waals surface area contributed by atoms with Crippen LogP contribution in [0.3, 0.4) is 0 Å². The molecule has 0 aliphatic carbocycles. The van der Waals surface area contributed by atoms with Gasteiger partial charge in [-0.1, -0.05) is 90.9 Å². The summed E-state index contributed by atoms with van der Waals surface area (Å²) < 4.78 is 9.53. The SMILES string of the molecule is CC(C)CCCCCCCCCCCCCCC(=O)OC(CO)COB(O)O. The maximum Gasteiger partial charge on any atom is 0.634 e. The zero-order chi connectivity index (χ0) is 21.0. The summed E-state index contributed by atoms with van der Waals surface area (Å²) in [6, 6.07) is 0. The van der Waals surface area contributed by atoms with E-state index in [1.807, 2.05) is 0 Å². The van der Waals surface area contributed by atoms with Crippen molar-refractivity contribution in [3.8, 4) is 0 Å². The summed E-state index contributed by atoms with van der Waals surface area (Å²) in [4.78, 5) is 11.7. The van der Waals surface area contributed by atoms with Crippen LogP contribution in [0.5, 0.6) is 0 Å². The number of hydrogen-bond acceptors (Lipinski definition) is 6. The van der Waals surface area contributed by atoms with Gasteiger partial charge in [0.1, 0.15) is 6.10 Å². The third-order valence-electron chi connectivity index (χ3n) is 4.85. The van der Waals surface area contributed by atoms with Crippen molar-refractivity contribution >= 4 is 13.3 Å². The van der Waals surface area contributed by atoms with E-state index in [9.17, 15) is 4.79 Å². The van der Waals surface area contributed by atoms with Crippen LogP contribution in [0, 0.1) is 5.92 Å². The first-order valence-electron chi connectivity index (χ1n) is 11.2. The van der Waals surface area contributed by atoms with Gasteiger partial charge in [0.05, 0.1) is 13.2 Å². The molecule has 0 aromatic carbocycles. The Labute approximate surface area is 172 Å². The van der Waals surface area contributed by atoms with Crippen molar-refractivity contribution in [2.24, 2.45) is 5.92 Å². The molecule has 6 nitrogen and oxygen atoms in total. The van der Waals surface area contributed by atoms with E-state index in [0.717, 1.165) is 25.2 Å². The van der Waals surface area contributed by atoms with Crippen LogP contribution in [0.25, 0.3) is 0 Å². The Bertz CT molecular complexity index is 352. The van der Waals surface area contributed by atoms with Crippen molar-refractivity contribution in [2.75, 3.05) is 13.2 Å². The Kier molecular flexibility index (Phi) is 19.2. The summed E-state index contributed by atoms with van der Waals surface area (Å²) in [5.41, 5.74) is 0. The number of unbranched alkanes of at least 4 members (excludes halogenated alkanes) is 11. The predicted molar refractivity (Wildman–Crippen MR) is 113 cm³/mol. The van der Waals surface area contributed by atoms with Crippen LogP contribution in [0.4, 0.5) is 0 Å². The van der Waals surface area contributed by atoms with Crippen LogP contribution in [-0.2, 0) is 14.2 Å². The van der Waals surface area contributed by atoms with E-state index < -0.39 is 20.0 Å². The van der Waals surface area contributed by atoms with E-state index in [1.54, 1.807) is 0 Å². The summed E-state index contributed by atoms with van der Waals surface area (Å²) in [5.74, 6) is 0.452. The zero-order valence-corrected chi connectivity index (χ0v) is 18.1. The molecule has 0 fully saturated rings. The molecule has 28 heavy (non-hydrogen) atoms. The molecule has 0 aliphatic rings. The fourth-order valence-electron chi connectivity index (χ4n) is 3.15. The molecule has 0 bridgehead atoms. The number of esters is 1. The molecule has 166 valence electrons. The second kappa shape index (κ2) is 19.7. The van der Waals surface area contributed by atoms with Crippen molar-refractivity contribution in [1.29, 1.82) is 0 Å². The highest BCUT2D eigenvalue weighted by Crippen LogP contribution is 2.14. The van der Waals surface area contributed by atoms with Crippen LogP contribution in [-0.4, -0.2) is 47.8 Å². The summed E-state index contributed by atoms with van der Waals surface area (Å²) in [7, 11) is -1.93. The minimum Gasteiger partial charge on any atom is -0.458 e. The first-order chi connectivity index (χ1) is 13.5. The summed E-state index contributed by atoms with van der Waals surface area (Å²) >= 11 is 0. The van der Waals surface area contributed by atoms with E-state index >= 15 is 0 Å². The molecule has 0 saturated heterocycles. The third-order valence-corrected chi connectivity index (χ3v) is 4.85. The van der Waals surface area contributed by atoms with E-state index in [1.165, 1.54) is 64.2 Å². The van der Waals surface area contributed by atoms with Gasteiger partial charge in [0.2, 0.25) is 0 Å². The van der Waals surface area contributed by atoms with Gasteiger partial charge in [0.15, 0.2) is 0 Å². The number of aliphatic hydroxyl groups is 1. The van der Waals surface area contributed by atoms with Crippen LogP contribution in [0.1, 0.15) is 104 Å². The molecule has 3 N–H and O–H groups in total. The number of ether oxygens (including phenoxy) is 1. The molecule has 1 atom stereocenters. The van der Waals surface area contributed by atoms with Crippen LogP contribution in [0.2, 0.25) is 0 Å². The predicted octanol–water partition coefficient (Wildman–Crippen LogP) is 3.99. The topological polar surface area (TPSA) is 96.2 Å². The van der Waals surface area contributed by atoms with Gasteiger partial charge in [-0.25, -0.2) is 0 Å². The molecule has 0 radical (unpaired) electrons. The average Bonchev–Trinajstić information content (AvgIpc) is 2.64. The van der Waals surface area contributed by atoms with Gasteiger partial charge in [-0.15, -0.1) is 0 Å².